The van der Waals surface area contributed by atoms with Gasteiger partial charge in [-0.2, -0.15) is 0 Å². The van der Waals surface area contributed by atoms with E-state index < -0.39 is 0 Å². The molecule has 146 valence electrons. The summed E-state index contributed by atoms with van der Waals surface area (Å²) in [6.45, 7) is 10.8. The average Bonchev–Trinajstić information content (AvgIpc) is 2.96. The fourth-order valence-electron chi connectivity index (χ4n) is 6.06. The Hall–Kier alpha value is -1.81. The van der Waals surface area contributed by atoms with Crippen molar-refractivity contribution in [2.45, 2.75) is 53.0 Å². The molecule has 2 atom stereocenters. The highest BCUT2D eigenvalue weighted by molar-refractivity contribution is 6.10. The molecule has 0 spiro atoms. The van der Waals surface area contributed by atoms with Crippen molar-refractivity contribution in [1.82, 2.24) is 9.47 Å². The monoisotopic (exact) mass is 368 g/mol. The molecule has 4 heteroatoms. The van der Waals surface area contributed by atoms with Gasteiger partial charge in [-0.3, -0.25) is 9.69 Å². The highest BCUT2D eigenvalue weighted by atomic mass is 16.5. The predicted octanol–water partition coefficient (Wildman–Crippen LogP) is 4.58. The summed E-state index contributed by atoms with van der Waals surface area (Å²) in [4.78, 5) is 15.9. The zero-order chi connectivity index (χ0) is 19.6. The highest BCUT2D eigenvalue weighted by Crippen LogP contribution is 2.52. The van der Waals surface area contributed by atoms with Crippen LogP contribution in [-0.4, -0.2) is 41.5 Å². The van der Waals surface area contributed by atoms with Crippen molar-refractivity contribution in [2.75, 3.05) is 20.2 Å². The molecule has 4 nitrogen and oxygen atoms in total. The first-order chi connectivity index (χ1) is 12.6. The van der Waals surface area contributed by atoms with Crippen molar-refractivity contribution < 1.29 is 9.53 Å². The van der Waals surface area contributed by atoms with E-state index in [0.29, 0.717) is 23.4 Å². The molecular formula is C23H32N2O2. The first kappa shape index (κ1) is 18.5. The average molecular weight is 369 g/mol. The maximum absolute atomic E-state index is 13.4. The molecule has 2 heterocycles. The highest BCUT2D eigenvalue weighted by Gasteiger charge is 2.49. The molecule has 0 amide bonds. The SMILES string of the molecule is COc1ccc2c(c1)c(C(=O)CN1C[C@]3(C)C[C@H]1CC(C)(C)C3)c(C)n2C. The van der Waals surface area contributed by atoms with Crippen molar-refractivity contribution >= 4 is 16.7 Å². The molecule has 2 fully saturated rings. The summed E-state index contributed by atoms with van der Waals surface area (Å²) < 4.78 is 7.52. The number of hydrogen-bond donors (Lipinski definition) is 0. The number of carbonyl (C=O) groups is 1. The maximum atomic E-state index is 13.4. The van der Waals surface area contributed by atoms with Gasteiger partial charge in [-0.25, -0.2) is 0 Å². The molecular weight excluding hydrogens is 336 g/mol. The standard InChI is InChI=1S/C23H32N2O2/c1-15-21(18-9-17(27-6)7-8-19(18)24(15)5)20(26)12-25-14-23(4)11-16(25)10-22(2,3)13-23/h7-9,16H,10-14H2,1-6H3/t16-,23-/m1/s1. The molecule has 1 saturated carbocycles. The van der Waals surface area contributed by atoms with Gasteiger partial charge in [0.25, 0.3) is 0 Å². The van der Waals surface area contributed by atoms with Gasteiger partial charge in [0, 0.05) is 41.8 Å². The van der Waals surface area contributed by atoms with Crippen LogP contribution in [0.1, 0.15) is 56.1 Å². The second-order valence-electron chi connectivity index (χ2n) is 9.94. The molecule has 2 aliphatic rings. The van der Waals surface area contributed by atoms with Gasteiger partial charge in [-0.05, 0) is 55.2 Å². The fourth-order valence-corrected chi connectivity index (χ4v) is 6.06. The van der Waals surface area contributed by atoms with E-state index in [1.165, 1.54) is 19.3 Å². The minimum absolute atomic E-state index is 0.236. The van der Waals surface area contributed by atoms with E-state index in [0.717, 1.165) is 34.5 Å². The molecule has 1 aliphatic heterocycles. The third-order valence-electron chi connectivity index (χ3n) is 6.85. The number of aromatic nitrogens is 1. The summed E-state index contributed by atoms with van der Waals surface area (Å²) in [5.41, 5.74) is 3.71. The molecule has 4 rings (SSSR count). The topological polar surface area (TPSA) is 34.5 Å². The van der Waals surface area contributed by atoms with Gasteiger partial charge < -0.3 is 9.30 Å². The van der Waals surface area contributed by atoms with Gasteiger partial charge in [0.05, 0.1) is 13.7 Å². The van der Waals surface area contributed by atoms with Crippen LogP contribution in [0.2, 0.25) is 0 Å². The summed E-state index contributed by atoms with van der Waals surface area (Å²) in [6.07, 6.45) is 3.68. The molecule has 1 aromatic carbocycles. The quantitative estimate of drug-likeness (QED) is 0.741. The lowest BCUT2D eigenvalue weighted by atomic mass is 9.65. The predicted molar refractivity (Wildman–Crippen MR) is 110 cm³/mol. The summed E-state index contributed by atoms with van der Waals surface area (Å²) in [7, 11) is 3.71. The lowest BCUT2D eigenvalue weighted by molar-refractivity contribution is 0.0900. The van der Waals surface area contributed by atoms with E-state index in [1.54, 1.807) is 7.11 Å². The first-order valence-electron chi connectivity index (χ1n) is 10.0. The van der Waals surface area contributed by atoms with E-state index in [4.69, 9.17) is 4.74 Å². The van der Waals surface area contributed by atoms with Gasteiger partial charge in [-0.1, -0.05) is 20.8 Å². The normalized spacial score (nSPS) is 27.3. The van der Waals surface area contributed by atoms with Gasteiger partial charge in [0.2, 0.25) is 0 Å². The molecule has 1 aromatic heterocycles. The maximum Gasteiger partial charge on any atom is 0.179 e. The summed E-state index contributed by atoms with van der Waals surface area (Å²) in [5.74, 6) is 1.04. The number of rotatable bonds is 4. The van der Waals surface area contributed by atoms with Crippen LogP contribution in [0.25, 0.3) is 10.9 Å². The number of benzene rings is 1. The van der Waals surface area contributed by atoms with E-state index >= 15 is 0 Å². The minimum atomic E-state index is 0.236. The second kappa shape index (κ2) is 6.10. The van der Waals surface area contributed by atoms with Gasteiger partial charge in [0.1, 0.15) is 5.75 Å². The Morgan fingerprint density at radius 3 is 2.70 bits per heavy atom. The van der Waals surface area contributed by atoms with Gasteiger partial charge >= 0.3 is 0 Å². The number of carbonyl (C=O) groups excluding carboxylic acids is 1. The van der Waals surface area contributed by atoms with Crippen molar-refractivity contribution in [3.05, 3.63) is 29.5 Å². The molecule has 0 radical (unpaired) electrons. The van der Waals surface area contributed by atoms with Crippen LogP contribution in [0, 0.1) is 17.8 Å². The third kappa shape index (κ3) is 3.08. The van der Waals surface area contributed by atoms with Crippen molar-refractivity contribution in [2.24, 2.45) is 17.9 Å². The number of ether oxygens (including phenoxy) is 1. The number of aryl methyl sites for hydroxylation is 1. The molecule has 1 saturated heterocycles. The summed E-state index contributed by atoms with van der Waals surface area (Å²) in [5, 5.41) is 1.01. The number of ketones is 1. The number of fused-ring (bicyclic) bond motifs is 3. The third-order valence-corrected chi connectivity index (χ3v) is 6.85. The summed E-state index contributed by atoms with van der Waals surface area (Å²) >= 11 is 0. The number of likely N-dealkylation sites (tertiary alicyclic amines) is 1. The minimum Gasteiger partial charge on any atom is -0.497 e. The van der Waals surface area contributed by atoms with E-state index in [1.807, 2.05) is 32.2 Å². The largest absolute Gasteiger partial charge is 0.497 e. The zero-order valence-electron chi connectivity index (χ0n) is 17.6. The number of methoxy groups -OCH3 is 1. The molecule has 0 N–H and O–H groups in total. The van der Waals surface area contributed by atoms with Crippen molar-refractivity contribution in [3.63, 3.8) is 0 Å². The van der Waals surface area contributed by atoms with Gasteiger partial charge in [0.15, 0.2) is 5.78 Å². The Kier molecular flexibility index (Phi) is 4.19. The Bertz CT molecular complexity index is 911. The zero-order valence-corrected chi connectivity index (χ0v) is 17.6. The fraction of sp³-hybridized carbons (Fsp3) is 0.609. The van der Waals surface area contributed by atoms with Crippen LogP contribution in [0.4, 0.5) is 0 Å². The molecule has 1 aliphatic carbocycles. The molecule has 27 heavy (non-hydrogen) atoms. The Morgan fingerprint density at radius 2 is 2.00 bits per heavy atom. The van der Waals surface area contributed by atoms with Crippen LogP contribution >= 0.6 is 0 Å². The Morgan fingerprint density at radius 1 is 1.26 bits per heavy atom. The first-order valence-corrected chi connectivity index (χ1v) is 10.0. The lowest BCUT2D eigenvalue weighted by Crippen LogP contribution is -2.37. The number of Topliss-reactive ketones (excluding diaryl/α,β-unsaturated/α-hetero) is 1. The van der Waals surface area contributed by atoms with Crippen LogP contribution < -0.4 is 4.74 Å². The number of nitrogens with zero attached hydrogens (tertiary/aromatic N) is 2. The van der Waals surface area contributed by atoms with Crippen LogP contribution in [0.5, 0.6) is 5.75 Å². The number of hydrogen-bond acceptors (Lipinski definition) is 3. The van der Waals surface area contributed by atoms with Crippen LogP contribution in [0.15, 0.2) is 18.2 Å². The lowest BCUT2D eigenvalue weighted by Gasteiger charge is -2.39. The van der Waals surface area contributed by atoms with E-state index in [9.17, 15) is 4.79 Å². The Balaban J connectivity index is 1.65. The van der Waals surface area contributed by atoms with Crippen LogP contribution in [-0.2, 0) is 7.05 Å². The summed E-state index contributed by atoms with van der Waals surface area (Å²) in [6, 6.07) is 6.54. The van der Waals surface area contributed by atoms with Crippen molar-refractivity contribution in [3.8, 4) is 5.75 Å². The molecule has 2 bridgehead atoms. The Labute approximate surface area is 162 Å². The van der Waals surface area contributed by atoms with Gasteiger partial charge in [-0.15, -0.1) is 0 Å². The van der Waals surface area contributed by atoms with Crippen LogP contribution in [0.3, 0.4) is 0 Å². The molecule has 2 aromatic rings. The van der Waals surface area contributed by atoms with E-state index in [-0.39, 0.29) is 5.78 Å². The second-order valence-corrected chi connectivity index (χ2v) is 9.94. The van der Waals surface area contributed by atoms with E-state index in [2.05, 4.69) is 30.2 Å². The molecule has 0 unspecified atom stereocenters. The van der Waals surface area contributed by atoms with Crippen molar-refractivity contribution in [1.29, 1.82) is 0 Å². The smallest absolute Gasteiger partial charge is 0.179 e.